The van der Waals surface area contributed by atoms with Crippen LogP contribution < -0.4 is 14.2 Å². The summed E-state index contributed by atoms with van der Waals surface area (Å²) < 4.78 is 16.5. The Morgan fingerprint density at radius 3 is 1.63 bits per heavy atom. The Bertz CT molecular complexity index is 671. The van der Waals surface area contributed by atoms with Crippen LogP contribution in [0.3, 0.4) is 0 Å². The van der Waals surface area contributed by atoms with Crippen molar-refractivity contribution in [2.75, 3.05) is 7.11 Å². The van der Waals surface area contributed by atoms with Gasteiger partial charge < -0.3 is 14.2 Å². The maximum absolute atomic E-state index is 6.04. The van der Waals surface area contributed by atoms with Crippen molar-refractivity contribution in [2.24, 2.45) is 0 Å². The maximum Gasteiger partial charge on any atom is 0.173 e. The molecule has 0 fully saturated rings. The Hall–Kier alpha value is -1.29. The highest BCUT2D eigenvalue weighted by Crippen LogP contribution is 2.50. The quantitative estimate of drug-likeness (QED) is 0.588. The van der Waals surface area contributed by atoms with Gasteiger partial charge in [-0.3, -0.25) is 0 Å². The van der Waals surface area contributed by atoms with Crippen molar-refractivity contribution in [1.82, 2.24) is 0 Å². The molecule has 0 aromatic heterocycles. The van der Waals surface area contributed by atoms with Gasteiger partial charge in [-0.05, 0) is 0 Å². The summed E-state index contributed by atoms with van der Waals surface area (Å²) in [5.74, 6) is 2.49. The molecule has 0 saturated heterocycles. The Kier molecular flexibility index (Phi) is 3.13. The minimum absolute atomic E-state index is 0.395. The standard InChI is InChI=1S/C13H7Cl3O3/c1-17-9-5-13-12(4-8(9)16)18-10-2-6(14)7(15)3-11(10)19-13/h2-5H,1H3. The van der Waals surface area contributed by atoms with Gasteiger partial charge in [0.15, 0.2) is 23.0 Å². The van der Waals surface area contributed by atoms with Gasteiger partial charge in [0.05, 0.1) is 22.2 Å². The molecule has 1 heterocycles. The largest absolute Gasteiger partial charge is 0.495 e. The summed E-state index contributed by atoms with van der Waals surface area (Å²) >= 11 is 17.9. The molecule has 19 heavy (non-hydrogen) atoms. The van der Waals surface area contributed by atoms with E-state index in [0.717, 1.165) is 0 Å². The Balaban J connectivity index is 2.09. The zero-order valence-corrected chi connectivity index (χ0v) is 11.9. The summed E-state index contributed by atoms with van der Waals surface area (Å²) in [5.41, 5.74) is 0. The molecular weight excluding hydrogens is 310 g/mol. The van der Waals surface area contributed by atoms with Crippen LogP contribution in [0.1, 0.15) is 0 Å². The first-order chi connectivity index (χ1) is 9.08. The second-order valence-electron chi connectivity index (χ2n) is 3.85. The second kappa shape index (κ2) is 4.67. The summed E-state index contributed by atoms with van der Waals surface area (Å²) in [5, 5.41) is 1.23. The fourth-order valence-electron chi connectivity index (χ4n) is 1.74. The molecule has 0 N–H and O–H groups in total. The fourth-order valence-corrected chi connectivity index (χ4v) is 2.28. The third-order valence-corrected chi connectivity index (χ3v) is 3.66. The van der Waals surface area contributed by atoms with Crippen molar-refractivity contribution in [3.05, 3.63) is 39.3 Å². The minimum atomic E-state index is 0.395. The predicted molar refractivity (Wildman–Crippen MR) is 74.6 cm³/mol. The average molecular weight is 318 g/mol. The number of rotatable bonds is 1. The second-order valence-corrected chi connectivity index (χ2v) is 5.07. The molecule has 0 amide bonds. The molecule has 0 radical (unpaired) electrons. The lowest BCUT2D eigenvalue weighted by atomic mass is 10.2. The van der Waals surface area contributed by atoms with E-state index < -0.39 is 0 Å². The molecule has 0 saturated carbocycles. The third kappa shape index (κ3) is 2.18. The molecule has 0 aliphatic carbocycles. The first kappa shape index (κ1) is 12.7. The molecule has 0 spiro atoms. The first-order valence-electron chi connectivity index (χ1n) is 5.31. The van der Waals surface area contributed by atoms with E-state index in [9.17, 15) is 0 Å². The van der Waals surface area contributed by atoms with Crippen LogP contribution in [0, 0.1) is 0 Å². The average Bonchev–Trinajstić information content (AvgIpc) is 2.38. The summed E-state index contributed by atoms with van der Waals surface area (Å²) in [6, 6.07) is 6.48. The number of hydrogen-bond acceptors (Lipinski definition) is 3. The van der Waals surface area contributed by atoms with E-state index in [-0.39, 0.29) is 0 Å². The zero-order valence-electron chi connectivity index (χ0n) is 9.67. The number of benzene rings is 2. The first-order valence-corrected chi connectivity index (χ1v) is 6.44. The van der Waals surface area contributed by atoms with Gasteiger partial charge in [-0.2, -0.15) is 0 Å². The lowest BCUT2D eigenvalue weighted by Crippen LogP contribution is -2.00. The summed E-state index contributed by atoms with van der Waals surface area (Å²) in [7, 11) is 1.53. The molecule has 1 aliphatic heterocycles. The van der Waals surface area contributed by atoms with Crippen LogP contribution in [0.2, 0.25) is 15.1 Å². The van der Waals surface area contributed by atoms with Gasteiger partial charge in [-0.1, -0.05) is 34.8 Å². The molecule has 0 unspecified atom stereocenters. The SMILES string of the molecule is COc1cc2c(cc1Cl)Oc1cc(Cl)c(Cl)cc1O2. The predicted octanol–water partition coefficient (Wildman–Crippen LogP) is 5.55. The molecule has 0 atom stereocenters. The van der Waals surface area contributed by atoms with Crippen LogP contribution in [-0.4, -0.2) is 7.11 Å². The van der Waals surface area contributed by atoms with E-state index in [1.807, 2.05) is 0 Å². The van der Waals surface area contributed by atoms with Crippen LogP contribution in [0.25, 0.3) is 0 Å². The van der Waals surface area contributed by atoms with E-state index in [0.29, 0.717) is 43.8 Å². The molecule has 6 heteroatoms. The lowest BCUT2D eigenvalue weighted by Gasteiger charge is -2.22. The van der Waals surface area contributed by atoms with Gasteiger partial charge >= 0.3 is 0 Å². The van der Waals surface area contributed by atoms with Crippen molar-refractivity contribution in [2.45, 2.75) is 0 Å². The summed E-state index contributed by atoms with van der Waals surface area (Å²) in [4.78, 5) is 0. The van der Waals surface area contributed by atoms with Gasteiger partial charge in [0.2, 0.25) is 0 Å². The van der Waals surface area contributed by atoms with Crippen molar-refractivity contribution < 1.29 is 14.2 Å². The number of ether oxygens (including phenoxy) is 3. The Labute approximate surface area is 124 Å². The van der Waals surface area contributed by atoms with Crippen LogP contribution in [0.5, 0.6) is 28.7 Å². The molecule has 2 aromatic rings. The van der Waals surface area contributed by atoms with E-state index in [2.05, 4.69) is 0 Å². The van der Waals surface area contributed by atoms with Crippen LogP contribution in [-0.2, 0) is 0 Å². The minimum Gasteiger partial charge on any atom is -0.495 e. The number of methoxy groups -OCH3 is 1. The third-order valence-electron chi connectivity index (χ3n) is 2.64. The van der Waals surface area contributed by atoms with Gasteiger partial charge in [-0.15, -0.1) is 0 Å². The van der Waals surface area contributed by atoms with Crippen molar-refractivity contribution in [3.63, 3.8) is 0 Å². The smallest absolute Gasteiger partial charge is 0.173 e. The zero-order chi connectivity index (χ0) is 13.6. The molecule has 3 nitrogen and oxygen atoms in total. The van der Waals surface area contributed by atoms with Crippen molar-refractivity contribution in [3.8, 4) is 28.7 Å². The van der Waals surface area contributed by atoms with E-state index in [1.165, 1.54) is 7.11 Å². The monoisotopic (exact) mass is 316 g/mol. The topological polar surface area (TPSA) is 27.7 Å². The van der Waals surface area contributed by atoms with Crippen LogP contribution >= 0.6 is 34.8 Å². The van der Waals surface area contributed by atoms with Gasteiger partial charge in [0.1, 0.15) is 5.75 Å². The van der Waals surface area contributed by atoms with Crippen molar-refractivity contribution >= 4 is 34.8 Å². The molecule has 0 bridgehead atoms. The maximum atomic E-state index is 6.04. The molecule has 1 aliphatic rings. The Morgan fingerprint density at radius 1 is 0.737 bits per heavy atom. The lowest BCUT2D eigenvalue weighted by molar-refractivity contribution is 0.353. The Morgan fingerprint density at radius 2 is 1.16 bits per heavy atom. The molecular formula is C13H7Cl3O3. The highest BCUT2D eigenvalue weighted by molar-refractivity contribution is 6.42. The van der Waals surface area contributed by atoms with E-state index >= 15 is 0 Å². The normalized spacial score (nSPS) is 12.0. The van der Waals surface area contributed by atoms with Crippen LogP contribution in [0.15, 0.2) is 24.3 Å². The molecule has 3 rings (SSSR count). The van der Waals surface area contributed by atoms with Gasteiger partial charge in [0, 0.05) is 24.3 Å². The van der Waals surface area contributed by atoms with Crippen molar-refractivity contribution in [1.29, 1.82) is 0 Å². The fraction of sp³-hybridized carbons (Fsp3) is 0.0769. The summed E-state index contributed by atoms with van der Waals surface area (Å²) in [6.07, 6.45) is 0. The van der Waals surface area contributed by atoms with Gasteiger partial charge in [0.25, 0.3) is 0 Å². The highest BCUT2D eigenvalue weighted by atomic mass is 35.5. The highest BCUT2D eigenvalue weighted by Gasteiger charge is 2.22. The van der Waals surface area contributed by atoms with E-state index in [1.54, 1.807) is 24.3 Å². The number of fused-ring (bicyclic) bond motifs is 2. The molecule has 98 valence electrons. The van der Waals surface area contributed by atoms with Crippen LogP contribution in [0.4, 0.5) is 0 Å². The van der Waals surface area contributed by atoms with E-state index in [4.69, 9.17) is 49.0 Å². The van der Waals surface area contributed by atoms with Gasteiger partial charge in [-0.25, -0.2) is 0 Å². The summed E-state index contributed by atoms with van der Waals surface area (Å²) in [6.45, 7) is 0. The number of hydrogen-bond donors (Lipinski definition) is 0. The molecule has 2 aromatic carbocycles. The number of halogens is 3.